The Balaban J connectivity index is 1.85. The molecule has 8 nitrogen and oxygen atoms in total. The molecule has 0 aliphatic carbocycles. The van der Waals surface area contributed by atoms with E-state index in [9.17, 15) is 14.4 Å². The van der Waals surface area contributed by atoms with Crippen LogP contribution in [-0.2, 0) is 10.3 Å². The minimum absolute atomic E-state index is 0.181. The van der Waals surface area contributed by atoms with Gasteiger partial charge in [-0.3, -0.25) is 15.0 Å². The maximum atomic E-state index is 12.8. The van der Waals surface area contributed by atoms with Crippen LogP contribution in [0.1, 0.15) is 22.8 Å². The highest BCUT2D eigenvalue weighted by Gasteiger charge is 2.50. The Morgan fingerprint density at radius 1 is 1.04 bits per heavy atom. The molecule has 1 atom stereocenters. The zero-order valence-corrected chi connectivity index (χ0v) is 15.1. The summed E-state index contributed by atoms with van der Waals surface area (Å²) in [5, 5.41) is 3.30. The molecule has 3 rings (SSSR count). The van der Waals surface area contributed by atoms with Crippen molar-refractivity contribution in [1.29, 1.82) is 0 Å². The minimum atomic E-state index is -1.27. The molecule has 1 unspecified atom stereocenters. The van der Waals surface area contributed by atoms with E-state index < -0.39 is 23.4 Å². The molecule has 1 heterocycles. The van der Waals surface area contributed by atoms with Crippen molar-refractivity contribution in [2.24, 2.45) is 0 Å². The molecule has 4 amide bonds. The van der Waals surface area contributed by atoms with Crippen LogP contribution in [-0.4, -0.2) is 37.1 Å². The third kappa shape index (κ3) is 3.29. The van der Waals surface area contributed by atoms with Gasteiger partial charge >= 0.3 is 6.03 Å². The zero-order chi connectivity index (χ0) is 19.6. The smallest absolute Gasteiger partial charge is 0.344 e. The number of carbonyl (C=O) groups excluding carboxylic acids is 3. The lowest BCUT2D eigenvalue weighted by atomic mass is 9.92. The zero-order valence-electron chi connectivity index (χ0n) is 15.1. The number of hydrogen-bond acceptors (Lipinski definition) is 5. The molecule has 0 radical (unpaired) electrons. The largest absolute Gasteiger partial charge is 0.497 e. The molecule has 0 spiro atoms. The molecular formula is C19H19N3O5. The summed E-state index contributed by atoms with van der Waals surface area (Å²) in [4.78, 5) is 37.7. The van der Waals surface area contributed by atoms with Gasteiger partial charge in [-0.15, -0.1) is 0 Å². The van der Waals surface area contributed by atoms with E-state index in [-0.39, 0.29) is 5.56 Å². The summed E-state index contributed by atoms with van der Waals surface area (Å²) in [6.07, 6.45) is 0. The first-order chi connectivity index (χ1) is 12.9. The molecular weight excluding hydrogens is 350 g/mol. The topological polar surface area (TPSA) is 97.0 Å². The molecule has 2 N–H and O–H groups in total. The third-order valence-corrected chi connectivity index (χ3v) is 4.37. The number of rotatable bonds is 5. The molecule has 0 aromatic heterocycles. The first-order valence-electron chi connectivity index (χ1n) is 8.15. The maximum absolute atomic E-state index is 12.8. The van der Waals surface area contributed by atoms with Gasteiger partial charge in [-0.2, -0.15) is 5.01 Å². The number of urea groups is 1. The van der Waals surface area contributed by atoms with Crippen LogP contribution in [0.3, 0.4) is 0 Å². The first-order valence-corrected chi connectivity index (χ1v) is 8.15. The molecule has 0 saturated carbocycles. The fraction of sp³-hybridized carbons (Fsp3) is 0.211. The van der Waals surface area contributed by atoms with Crippen molar-refractivity contribution in [3.05, 3.63) is 59.7 Å². The normalized spacial score (nSPS) is 18.9. The SMILES string of the molecule is COc1cc(OC)cc(C(=O)NN2C(=O)NC(C)(c3ccccc3)C2=O)c1. The van der Waals surface area contributed by atoms with Gasteiger partial charge in [0.2, 0.25) is 0 Å². The van der Waals surface area contributed by atoms with Crippen LogP contribution in [0.2, 0.25) is 0 Å². The predicted molar refractivity (Wildman–Crippen MR) is 96.2 cm³/mol. The van der Waals surface area contributed by atoms with Gasteiger partial charge in [-0.05, 0) is 24.6 Å². The number of nitrogens with zero attached hydrogens (tertiary/aromatic N) is 1. The average molecular weight is 369 g/mol. The van der Waals surface area contributed by atoms with Crippen molar-refractivity contribution in [3.63, 3.8) is 0 Å². The number of imide groups is 1. The van der Waals surface area contributed by atoms with Gasteiger partial charge in [0.05, 0.1) is 14.2 Å². The van der Waals surface area contributed by atoms with Gasteiger partial charge in [0.15, 0.2) is 0 Å². The van der Waals surface area contributed by atoms with Crippen molar-refractivity contribution >= 4 is 17.8 Å². The third-order valence-electron chi connectivity index (χ3n) is 4.37. The summed E-state index contributed by atoms with van der Waals surface area (Å²) in [5.74, 6) is -0.411. The molecule has 1 saturated heterocycles. The van der Waals surface area contributed by atoms with E-state index in [1.165, 1.54) is 26.4 Å². The molecule has 2 aromatic rings. The number of hydrazine groups is 1. The molecule has 1 aliphatic rings. The summed E-state index contributed by atoms with van der Waals surface area (Å²) >= 11 is 0. The van der Waals surface area contributed by atoms with Crippen LogP contribution in [0.4, 0.5) is 4.79 Å². The number of carbonyl (C=O) groups is 3. The van der Waals surface area contributed by atoms with E-state index in [0.29, 0.717) is 22.1 Å². The van der Waals surface area contributed by atoms with E-state index in [1.54, 1.807) is 37.3 Å². The predicted octanol–water partition coefficient (Wildman–Crippen LogP) is 1.82. The lowest BCUT2D eigenvalue weighted by Crippen LogP contribution is -2.47. The number of benzene rings is 2. The highest BCUT2D eigenvalue weighted by atomic mass is 16.5. The molecule has 2 aromatic carbocycles. The van der Waals surface area contributed by atoms with E-state index in [1.807, 2.05) is 6.07 Å². The molecule has 1 aliphatic heterocycles. The van der Waals surface area contributed by atoms with E-state index >= 15 is 0 Å². The lowest BCUT2D eigenvalue weighted by Gasteiger charge is -2.22. The Morgan fingerprint density at radius 3 is 2.19 bits per heavy atom. The quantitative estimate of drug-likeness (QED) is 0.784. The van der Waals surface area contributed by atoms with Crippen LogP contribution < -0.4 is 20.2 Å². The van der Waals surface area contributed by atoms with Gasteiger partial charge in [0.1, 0.15) is 17.0 Å². The fourth-order valence-corrected chi connectivity index (χ4v) is 2.81. The second kappa shape index (κ2) is 6.99. The Morgan fingerprint density at radius 2 is 1.63 bits per heavy atom. The summed E-state index contributed by atoms with van der Waals surface area (Å²) in [5.41, 5.74) is 1.87. The Kier molecular flexibility index (Phi) is 4.72. The molecule has 1 fully saturated rings. The number of nitrogens with one attached hydrogen (secondary N) is 2. The summed E-state index contributed by atoms with van der Waals surface area (Å²) in [6.45, 7) is 1.59. The second-order valence-electron chi connectivity index (χ2n) is 6.10. The van der Waals surface area contributed by atoms with Crippen LogP contribution in [0.5, 0.6) is 11.5 Å². The highest BCUT2D eigenvalue weighted by Crippen LogP contribution is 2.28. The van der Waals surface area contributed by atoms with Crippen molar-refractivity contribution in [3.8, 4) is 11.5 Å². The van der Waals surface area contributed by atoms with E-state index in [0.717, 1.165) is 0 Å². The number of hydrogen-bond donors (Lipinski definition) is 2. The molecule has 0 bridgehead atoms. The van der Waals surface area contributed by atoms with Crippen molar-refractivity contribution in [2.75, 3.05) is 14.2 Å². The second-order valence-corrected chi connectivity index (χ2v) is 6.10. The Bertz CT molecular complexity index is 877. The molecule has 27 heavy (non-hydrogen) atoms. The fourth-order valence-electron chi connectivity index (χ4n) is 2.81. The Labute approximate surface area is 156 Å². The lowest BCUT2D eigenvalue weighted by molar-refractivity contribution is -0.132. The van der Waals surface area contributed by atoms with E-state index in [2.05, 4.69) is 10.7 Å². The number of amides is 4. The van der Waals surface area contributed by atoms with Gasteiger partial charge in [-0.1, -0.05) is 30.3 Å². The average Bonchev–Trinajstić information content (AvgIpc) is 2.92. The highest BCUT2D eigenvalue weighted by molar-refractivity contribution is 6.09. The maximum Gasteiger partial charge on any atom is 0.344 e. The summed E-state index contributed by atoms with van der Waals surface area (Å²) in [6, 6.07) is 12.7. The van der Waals surface area contributed by atoms with Crippen LogP contribution in [0.25, 0.3) is 0 Å². The molecule has 8 heteroatoms. The number of ether oxygens (including phenoxy) is 2. The van der Waals surface area contributed by atoms with Crippen molar-refractivity contribution in [1.82, 2.24) is 15.8 Å². The van der Waals surface area contributed by atoms with Crippen LogP contribution in [0, 0.1) is 0 Å². The van der Waals surface area contributed by atoms with Gasteiger partial charge in [0, 0.05) is 11.6 Å². The standard InChI is InChI=1S/C19H19N3O5/c1-19(13-7-5-4-6-8-13)17(24)22(18(25)20-19)21-16(23)12-9-14(26-2)11-15(10-12)27-3/h4-11H,1-3H3,(H,20,25)(H,21,23). The Hall–Kier alpha value is -3.55. The first kappa shape index (κ1) is 18.2. The monoisotopic (exact) mass is 369 g/mol. The van der Waals surface area contributed by atoms with Gasteiger partial charge in [0.25, 0.3) is 11.8 Å². The van der Waals surface area contributed by atoms with Crippen molar-refractivity contribution < 1.29 is 23.9 Å². The summed E-state index contributed by atoms with van der Waals surface area (Å²) in [7, 11) is 2.92. The van der Waals surface area contributed by atoms with Crippen LogP contribution >= 0.6 is 0 Å². The molecule has 140 valence electrons. The van der Waals surface area contributed by atoms with Crippen molar-refractivity contribution in [2.45, 2.75) is 12.5 Å². The van der Waals surface area contributed by atoms with Crippen LogP contribution in [0.15, 0.2) is 48.5 Å². The van der Waals surface area contributed by atoms with E-state index in [4.69, 9.17) is 9.47 Å². The minimum Gasteiger partial charge on any atom is -0.497 e. The van der Waals surface area contributed by atoms with Gasteiger partial charge in [-0.25, -0.2) is 4.79 Å². The summed E-state index contributed by atoms with van der Waals surface area (Å²) < 4.78 is 10.3. The van der Waals surface area contributed by atoms with Gasteiger partial charge < -0.3 is 14.8 Å². The number of methoxy groups -OCH3 is 2.